The highest BCUT2D eigenvalue weighted by Gasteiger charge is 2.20. The highest BCUT2D eigenvalue weighted by molar-refractivity contribution is 14.1. The third kappa shape index (κ3) is 4.11. The van der Waals surface area contributed by atoms with Crippen molar-refractivity contribution in [1.82, 2.24) is 3.11 Å². The van der Waals surface area contributed by atoms with E-state index in [1.54, 1.807) is 22.9 Å². The molecule has 0 aliphatic rings. The Balaban J connectivity index is 2.41. The van der Waals surface area contributed by atoms with E-state index in [1.165, 1.54) is 0 Å². The Hall–Kier alpha value is -0.720. The van der Waals surface area contributed by atoms with Crippen LogP contribution in [0, 0.1) is 0 Å². The van der Waals surface area contributed by atoms with E-state index in [9.17, 15) is 13.6 Å². The number of hydrogen-bond donors (Lipinski definition) is 0. The molecule has 0 bridgehead atoms. The molecular formula is C10H10F2INO. The van der Waals surface area contributed by atoms with Crippen molar-refractivity contribution < 1.29 is 13.6 Å². The second-order valence-corrected chi connectivity index (χ2v) is 4.12. The van der Waals surface area contributed by atoms with Crippen LogP contribution in [0.4, 0.5) is 8.78 Å². The van der Waals surface area contributed by atoms with Crippen LogP contribution in [0.2, 0.25) is 0 Å². The second kappa shape index (κ2) is 5.99. The predicted octanol–water partition coefficient (Wildman–Crippen LogP) is 2.67. The van der Waals surface area contributed by atoms with Crippen molar-refractivity contribution in [2.45, 2.75) is 12.8 Å². The molecule has 0 aliphatic heterocycles. The monoisotopic (exact) mass is 325 g/mol. The molecule has 1 amide bonds. The van der Waals surface area contributed by atoms with Gasteiger partial charge in [-0.25, -0.2) is 0 Å². The fraction of sp³-hybridized carbons (Fsp3) is 0.300. The summed E-state index contributed by atoms with van der Waals surface area (Å²) in [4.78, 5) is 10.8. The van der Waals surface area contributed by atoms with Gasteiger partial charge in [-0.05, 0) is 12.0 Å². The average molecular weight is 325 g/mol. The van der Waals surface area contributed by atoms with Crippen molar-refractivity contribution in [3.05, 3.63) is 35.9 Å². The summed E-state index contributed by atoms with van der Waals surface area (Å²) in [6.07, 6.45) is -2.33. The number of alkyl halides is 2. The van der Waals surface area contributed by atoms with E-state index in [1.807, 2.05) is 30.3 Å². The highest BCUT2D eigenvalue weighted by Crippen LogP contribution is 2.09. The van der Waals surface area contributed by atoms with Crippen LogP contribution in [0.3, 0.4) is 0 Å². The summed E-state index contributed by atoms with van der Waals surface area (Å²) in [6, 6.07) is 9.44. The molecule has 0 radical (unpaired) electrons. The van der Waals surface area contributed by atoms with Crippen LogP contribution in [-0.2, 0) is 11.2 Å². The molecule has 1 aromatic carbocycles. The van der Waals surface area contributed by atoms with Gasteiger partial charge in [-0.1, -0.05) is 30.3 Å². The average Bonchev–Trinajstić information content (AvgIpc) is 2.26. The van der Waals surface area contributed by atoms with Gasteiger partial charge in [0, 0.05) is 6.54 Å². The molecule has 0 saturated carbocycles. The van der Waals surface area contributed by atoms with Crippen molar-refractivity contribution in [2.75, 3.05) is 6.54 Å². The Labute approximate surface area is 101 Å². The van der Waals surface area contributed by atoms with Gasteiger partial charge >= 0.3 is 6.43 Å². The fourth-order valence-electron chi connectivity index (χ4n) is 1.09. The van der Waals surface area contributed by atoms with E-state index in [4.69, 9.17) is 0 Å². The van der Waals surface area contributed by atoms with Crippen LogP contribution in [-0.4, -0.2) is 22.0 Å². The topological polar surface area (TPSA) is 20.3 Å². The number of amides is 1. The van der Waals surface area contributed by atoms with Gasteiger partial charge in [0.15, 0.2) is 0 Å². The SMILES string of the molecule is O=C(C(F)F)N(I)CCc1ccccc1. The van der Waals surface area contributed by atoms with Crippen molar-refractivity contribution in [3.8, 4) is 0 Å². The van der Waals surface area contributed by atoms with Crippen molar-refractivity contribution >= 4 is 28.8 Å². The first-order valence-corrected chi connectivity index (χ1v) is 5.37. The van der Waals surface area contributed by atoms with E-state index in [0.717, 1.165) is 8.68 Å². The summed E-state index contributed by atoms with van der Waals surface area (Å²) in [5, 5.41) is 0. The molecule has 15 heavy (non-hydrogen) atoms. The summed E-state index contributed by atoms with van der Waals surface area (Å²) in [7, 11) is 0. The van der Waals surface area contributed by atoms with Gasteiger partial charge in [0.25, 0.3) is 5.91 Å². The number of halogens is 3. The highest BCUT2D eigenvalue weighted by atomic mass is 127. The van der Waals surface area contributed by atoms with Crippen LogP contribution in [0.25, 0.3) is 0 Å². The van der Waals surface area contributed by atoms with Gasteiger partial charge in [0.2, 0.25) is 0 Å². The molecule has 0 aromatic heterocycles. The summed E-state index contributed by atoms with van der Waals surface area (Å²) >= 11 is 1.61. The summed E-state index contributed by atoms with van der Waals surface area (Å²) in [6.45, 7) is 0.299. The molecule has 5 heteroatoms. The number of nitrogens with zero attached hydrogens (tertiary/aromatic N) is 1. The van der Waals surface area contributed by atoms with Gasteiger partial charge < -0.3 is 0 Å². The molecule has 2 nitrogen and oxygen atoms in total. The quantitative estimate of drug-likeness (QED) is 0.616. The lowest BCUT2D eigenvalue weighted by molar-refractivity contribution is -0.136. The van der Waals surface area contributed by atoms with Crippen molar-refractivity contribution in [2.24, 2.45) is 0 Å². The van der Waals surface area contributed by atoms with Crippen molar-refractivity contribution in [3.63, 3.8) is 0 Å². The molecule has 1 rings (SSSR count). The van der Waals surface area contributed by atoms with E-state index >= 15 is 0 Å². The van der Waals surface area contributed by atoms with Gasteiger partial charge in [0.1, 0.15) is 0 Å². The first-order chi connectivity index (χ1) is 7.11. The third-order valence-corrected chi connectivity index (χ3v) is 2.82. The number of carbonyl (C=O) groups excluding carboxylic acids is 1. The fourth-order valence-corrected chi connectivity index (χ4v) is 1.54. The number of carbonyl (C=O) groups is 1. The van der Waals surface area contributed by atoms with Gasteiger partial charge in [-0.2, -0.15) is 8.78 Å². The number of hydrogen-bond acceptors (Lipinski definition) is 1. The molecular weight excluding hydrogens is 315 g/mol. The number of rotatable bonds is 4. The minimum atomic E-state index is -2.92. The molecule has 0 atom stereocenters. The zero-order valence-corrected chi connectivity index (χ0v) is 10.0. The molecule has 0 saturated heterocycles. The Kier molecular flexibility index (Phi) is 4.93. The van der Waals surface area contributed by atoms with Crippen LogP contribution >= 0.6 is 22.9 Å². The van der Waals surface area contributed by atoms with E-state index < -0.39 is 12.3 Å². The lowest BCUT2D eigenvalue weighted by Gasteiger charge is -2.13. The Morgan fingerprint density at radius 1 is 1.33 bits per heavy atom. The van der Waals surface area contributed by atoms with Crippen molar-refractivity contribution in [1.29, 1.82) is 0 Å². The Morgan fingerprint density at radius 3 is 2.47 bits per heavy atom. The summed E-state index contributed by atoms with van der Waals surface area (Å²) in [5.41, 5.74) is 1.03. The molecule has 0 unspecified atom stereocenters. The van der Waals surface area contributed by atoms with E-state index in [-0.39, 0.29) is 0 Å². The molecule has 0 heterocycles. The summed E-state index contributed by atoms with van der Waals surface area (Å²) < 4.78 is 25.0. The van der Waals surface area contributed by atoms with Gasteiger partial charge in [-0.3, -0.25) is 7.91 Å². The Morgan fingerprint density at radius 2 is 1.93 bits per heavy atom. The third-order valence-electron chi connectivity index (χ3n) is 1.87. The van der Waals surface area contributed by atoms with Crippen LogP contribution in [0.5, 0.6) is 0 Å². The normalized spacial score (nSPS) is 10.4. The molecule has 0 spiro atoms. The smallest absolute Gasteiger partial charge is 0.280 e. The van der Waals surface area contributed by atoms with Crippen LogP contribution in [0.1, 0.15) is 5.56 Å². The number of benzene rings is 1. The molecule has 0 fully saturated rings. The van der Waals surface area contributed by atoms with E-state index in [0.29, 0.717) is 13.0 Å². The van der Waals surface area contributed by atoms with Crippen LogP contribution < -0.4 is 0 Å². The zero-order valence-electron chi connectivity index (χ0n) is 7.87. The lowest BCUT2D eigenvalue weighted by atomic mass is 10.1. The van der Waals surface area contributed by atoms with Crippen LogP contribution in [0.15, 0.2) is 30.3 Å². The lowest BCUT2D eigenvalue weighted by Crippen LogP contribution is -2.28. The molecule has 0 aliphatic carbocycles. The molecule has 0 N–H and O–H groups in total. The second-order valence-electron chi connectivity index (χ2n) is 2.96. The van der Waals surface area contributed by atoms with Gasteiger partial charge in [0.05, 0.1) is 22.9 Å². The maximum atomic E-state index is 12.0. The Bertz CT molecular complexity index is 318. The molecule has 1 aromatic rings. The zero-order chi connectivity index (χ0) is 11.3. The first kappa shape index (κ1) is 12.4. The van der Waals surface area contributed by atoms with Gasteiger partial charge in [-0.15, -0.1) is 0 Å². The minimum Gasteiger partial charge on any atom is -0.280 e. The first-order valence-electron chi connectivity index (χ1n) is 4.40. The minimum absolute atomic E-state index is 0.299. The standard InChI is InChI=1S/C10H10F2INO/c11-9(12)10(15)14(13)7-6-8-4-2-1-3-5-8/h1-5,9H,6-7H2. The largest absolute Gasteiger partial charge is 0.316 e. The maximum absolute atomic E-state index is 12.0. The van der Waals surface area contributed by atoms with E-state index in [2.05, 4.69) is 0 Å². The summed E-state index contributed by atoms with van der Waals surface area (Å²) in [5.74, 6) is -1.13. The predicted molar refractivity (Wildman–Crippen MR) is 61.9 cm³/mol. The maximum Gasteiger partial charge on any atom is 0.316 e. The molecule has 82 valence electrons.